The maximum atomic E-state index is 11.4. The minimum absolute atomic E-state index is 0.156. The van der Waals surface area contributed by atoms with E-state index in [1.807, 2.05) is 13.8 Å². The molecule has 0 amide bonds. The van der Waals surface area contributed by atoms with Gasteiger partial charge in [-0.3, -0.25) is 9.36 Å². The van der Waals surface area contributed by atoms with E-state index in [2.05, 4.69) is 0 Å². The lowest BCUT2D eigenvalue weighted by Gasteiger charge is -2.12. The third-order valence-electron chi connectivity index (χ3n) is 2.12. The van der Waals surface area contributed by atoms with Crippen LogP contribution in [-0.2, 0) is 11.5 Å². The summed E-state index contributed by atoms with van der Waals surface area (Å²) in [7, 11) is 0. The van der Waals surface area contributed by atoms with Crippen molar-refractivity contribution < 1.29 is 4.74 Å². The fourth-order valence-corrected chi connectivity index (χ4v) is 0.982. The van der Waals surface area contributed by atoms with E-state index in [-0.39, 0.29) is 24.1 Å². The predicted molar refractivity (Wildman–Crippen MR) is 56.0 cm³/mol. The van der Waals surface area contributed by atoms with Crippen LogP contribution in [0, 0.1) is 0 Å². The zero-order chi connectivity index (χ0) is 10.6. The largest absolute Gasteiger partial charge is 0.394 e. The van der Waals surface area contributed by atoms with Crippen molar-refractivity contribution in [2.75, 3.05) is 5.73 Å². The molecule has 1 aromatic heterocycles. The number of hydrogen-bond donors (Lipinski definition) is 1. The number of rotatable bonds is 4. The molecule has 0 spiro atoms. The number of aromatic nitrogens is 1. The summed E-state index contributed by atoms with van der Waals surface area (Å²) < 4.78 is 6.88. The quantitative estimate of drug-likeness (QED) is 0.787. The van der Waals surface area contributed by atoms with Crippen LogP contribution in [0.5, 0.6) is 0 Å². The summed E-state index contributed by atoms with van der Waals surface area (Å²) in [5.74, 6) is 0. The third-order valence-corrected chi connectivity index (χ3v) is 2.12. The lowest BCUT2D eigenvalue weighted by atomic mass is 10.3. The minimum Gasteiger partial charge on any atom is -0.394 e. The normalized spacial score (nSPS) is 12.7. The zero-order valence-corrected chi connectivity index (χ0v) is 8.56. The molecule has 0 bridgehead atoms. The molecule has 0 aliphatic heterocycles. The molecule has 1 rings (SSSR count). The SMILES string of the molecule is CCC(C)OCn1cccc(N)c1=O. The number of pyridine rings is 1. The second kappa shape index (κ2) is 4.81. The zero-order valence-electron chi connectivity index (χ0n) is 8.56. The van der Waals surface area contributed by atoms with E-state index in [1.165, 1.54) is 4.57 Å². The van der Waals surface area contributed by atoms with Crippen molar-refractivity contribution in [3.05, 3.63) is 28.7 Å². The highest BCUT2D eigenvalue weighted by Crippen LogP contribution is 1.98. The van der Waals surface area contributed by atoms with Crippen LogP contribution in [0.4, 0.5) is 5.69 Å². The Balaban J connectivity index is 2.68. The Morgan fingerprint density at radius 1 is 1.64 bits per heavy atom. The van der Waals surface area contributed by atoms with Gasteiger partial charge >= 0.3 is 0 Å². The summed E-state index contributed by atoms with van der Waals surface area (Å²) in [6, 6.07) is 3.32. The van der Waals surface area contributed by atoms with E-state index < -0.39 is 0 Å². The van der Waals surface area contributed by atoms with Crippen molar-refractivity contribution >= 4 is 5.69 Å². The van der Waals surface area contributed by atoms with Gasteiger partial charge in [0.15, 0.2) is 0 Å². The summed E-state index contributed by atoms with van der Waals surface area (Å²) in [5.41, 5.74) is 5.52. The van der Waals surface area contributed by atoms with Crippen molar-refractivity contribution in [1.29, 1.82) is 0 Å². The van der Waals surface area contributed by atoms with Gasteiger partial charge in [0.2, 0.25) is 0 Å². The lowest BCUT2D eigenvalue weighted by molar-refractivity contribution is 0.0144. The van der Waals surface area contributed by atoms with Crippen LogP contribution < -0.4 is 11.3 Å². The van der Waals surface area contributed by atoms with Gasteiger partial charge in [0.1, 0.15) is 6.73 Å². The lowest BCUT2D eigenvalue weighted by Crippen LogP contribution is -2.24. The molecule has 1 atom stereocenters. The van der Waals surface area contributed by atoms with E-state index in [1.54, 1.807) is 18.3 Å². The summed E-state index contributed by atoms with van der Waals surface area (Å²) >= 11 is 0. The smallest absolute Gasteiger partial charge is 0.275 e. The van der Waals surface area contributed by atoms with Crippen molar-refractivity contribution in [2.24, 2.45) is 0 Å². The van der Waals surface area contributed by atoms with E-state index in [4.69, 9.17) is 10.5 Å². The Kier molecular flexibility index (Phi) is 3.71. The molecular weight excluding hydrogens is 180 g/mol. The Bertz CT molecular complexity index is 346. The van der Waals surface area contributed by atoms with Gasteiger partial charge < -0.3 is 10.5 Å². The first-order valence-corrected chi connectivity index (χ1v) is 4.71. The highest BCUT2D eigenvalue weighted by Gasteiger charge is 2.01. The first-order chi connectivity index (χ1) is 6.65. The average Bonchev–Trinajstić information content (AvgIpc) is 2.20. The van der Waals surface area contributed by atoms with Gasteiger partial charge in [0, 0.05) is 6.20 Å². The molecule has 0 aliphatic carbocycles. The van der Waals surface area contributed by atoms with Gasteiger partial charge in [-0.05, 0) is 25.5 Å². The van der Waals surface area contributed by atoms with Crippen LogP contribution in [0.2, 0.25) is 0 Å². The van der Waals surface area contributed by atoms with Crippen LogP contribution >= 0.6 is 0 Å². The Hall–Kier alpha value is -1.29. The topological polar surface area (TPSA) is 57.2 Å². The van der Waals surface area contributed by atoms with Crippen molar-refractivity contribution in [3.8, 4) is 0 Å². The number of hydrogen-bond acceptors (Lipinski definition) is 3. The molecule has 4 heteroatoms. The molecule has 0 aromatic carbocycles. The van der Waals surface area contributed by atoms with E-state index in [0.29, 0.717) is 0 Å². The fourth-order valence-electron chi connectivity index (χ4n) is 0.982. The summed E-state index contributed by atoms with van der Waals surface area (Å²) in [6.45, 7) is 4.27. The second-order valence-electron chi connectivity index (χ2n) is 3.25. The molecule has 0 saturated heterocycles. The highest BCUT2D eigenvalue weighted by atomic mass is 16.5. The first-order valence-electron chi connectivity index (χ1n) is 4.71. The van der Waals surface area contributed by atoms with Gasteiger partial charge in [-0.25, -0.2) is 0 Å². The molecule has 78 valence electrons. The minimum atomic E-state index is -0.198. The number of anilines is 1. The van der Waals surface area contributed by atoms with Crippen LogP contribution in [0.15, 0.2) is 23.1 Å². The molecule has 14 heavy (non-hydrogen) atoms. The summed E-state index contributed by atoms with van der Waals surface area (Å²) in [5, 5.41) is 0. The molecule has 0 radical (unpaired) electrons. The molecular formula is C10H16N2O2. The van der Waals surface area contributed by atoms with E-state index in [0.717, 1.165) is 6.42 Å². The van der Waals surface area contributed by atoms with Crippen molar-refractivity contribution in [3.63, 3.8) is 0 Å². The molecule has 2 N–H and O–H groups in total. The molecule has 0 saturated carbocycles. The van der Waals surface area contributed by atoms with Gasteiger partial charge in [-0.1, -0.05) is 6.92 Å². The van der Waals surface area contributed by atoms with Gasteiger partial charge in [-0.2, -0.15) is 0 Å². The molecule has 0 fully saturated rings. The molecule has 1 aromatic rings. The molecule has 1 heterocycles. The van der Waals surface area contributed by atoms with E-state index >= 15 is 0 Å². The van der Waals surface area contributed by atoms with Crippen molar-refractivity contribution in [2.45, 2.75) is 33.1 Å². The van der Waals surface area contributed by atoms with Gasteiger partial charge in [-0.15, -0.1) is 0 Å². The maximum absolute atomic E-state index is 11.4. The standard InChI is InChI=1S/C10H16N2O2/c1-3-8(2)14-7-12-6-4-5-9(11)10(12)13/h4-6,8H,3,7,11H2,1-2H3. The average molecular weight is 196 g/mol. The number of nitrogen functional groups attached to an aromatic ring is 1. The molecule has 1 unspecified atom stereocenters. The first kappa shape index (κ1) is 10.8. The predicted octanol–water partition coefficient (Wildman–Crippen LogP) is 1.20. The van der Waals surface area contributed by atoms with Crippen molar-refractivity contribution in [1.82, 2.24) is 4.57 Å². The fraction of sp³-hybridized carbons (Fsp3) is 0.500. The van der Waals surface area contributed by atoms with E-state index in [9.17, 15) is 4.79 Å². The van der Waals surface area contributed by atoms with Crippen LogP contribution in [0.3, 0.4) is 0 Å². The monoisotopic (exact) mass is 196 g/mol. The van der Waals surface area contributed by atoms with Crippen LogP contribution in [0.1, 0.15) is 20.3 Å². The maximum Gasteiger partial charge on any atom is 0.275 e. The summed E-state index contributed by atoms with van der Waals surface area (Å²) in [6.07, 6.45) is 2.75. The Labute approximate surface area is 83.3 Å². The van der Waals surface area contributed by atoms with Crippen LogP contribution in [-0.4, -0.2) is 10.7 Å². The van der Waals surface area contributed by atoms with Crippen LogP contribution in [0.25, 0.3) is 0 Å². The summed E-state index contributed by atoms with van der Waals surface area (Å²) in [4.78, 5) is 11.4. The Morgan fingerprint density at radius 3 is 3.00 bits per heavy atom. The second-order valence-corrected chi connectivity index (χ2v) is 3.25. The molecule has 4 nitrogen and oxygen atoms in total. The highest BCUT2D eigenvalue weighted by molar-refractivity contribution is 5.33. The van der Waals surface area contributed by atoms with Gasteiger partial charge in [0.05, 0.1) is 11.8 Å². The third kappa shape index (κ3) is 2.60. The van der Waals surface area contributed by atoms with Gasteiger partial charge in [0.25, 0.3) is 5.56 Å². The number of nitrogens with zero attached hydrogens (tertiary/aromatic N) is 1. The molecule has 0 aliphatic rings. The number of nitrogens with two attached hydrogens (primary N) is 1. The number of ether oxygens (including phenoxy) is 1. The Morgan fingerprint density at radius 2 is 2.36 bits per heavy atom.